The second-order valence-corrected chi connectivity index (χ2v) is 5.15. The highest BCUT2D eigenvalue weighted by atomic mass is 19.2. The van der Waals surface area contributed by atoms with Crippen molar-refractivity contribution in [1.29, 1.82) is 0 Å². The van der Waals surface area contributed by atoms with Crippen molar-refractivity contribution < 1.29 is 22.8 Å². The summed E-state index contributed by atoms with van der Waals surface area (Å²) in [7, 11) is 0. The Hall–Kier alpha value is -2.83. The number of nitrogens with one attached hydrogen (secondary N) is 2. The maximum Gasteiger partial charge on any atom is 0.243 e. The van der Waals surface area contributed by atoms with Crippen LogP contribution in [-0.2, 0) is 16.0 Å². The van der Waals surface area contributed by atoms with Gasteiger partial charge in [0.2, 0.25) is 11.8 Å². The van der Waals surface area contributed by atoms with Crippen molar-refractivity contribution in [2.24, 2.45) is 0 Å². The molecule has 7 heteroatoms. The van der Waals surface area contributed by atoms with Gasteiger partial charge in [0, 0.05) is 0 Å². The average Bonchev–Trinajstić information content (AvgIpc) is 2.56. The molecule has 0 atom stereocenters. The van der Waals surface area contributed by atoms with Crippen LogP contribution in [0.3, 0.4) is 0 Å². The van der Waals surface area contributed by atoms with E-state index in [2.05, 4.69) is 10.6 Å². The summed E-state index contributed by atoms with van der Waals surface area (Å²) in [5, 5.41) is 4.46. The molecule has 0 spiro atoms. The molecule has 2 amide bonds. The smallest absolute Gasteiger partial charge is 0.243 e. The van der Waals surface area contributed by atoms with Crippen LogP contribution in [0.4, 0.5) is 18.9 Å². The lowest BCUT2D eigenvalue weighted by molar-refractivity contribution is -0.123. The van der Waals surface area contributed by atoms with Crippen LogP contribution in [0.2, 0.25) is 0 Å². The summed E-state index contributed by atoms with van der Waals surface area (Å²) in [5.41, 5.74) is 1.27. The van der Waals surface area contributed by atoms with Gasteiger partial charge >= 0.3 is 0 Å². The Bertz CT molecular complexity index is 778. The van der Waals surface area contributed by atoms with Crippen molar-refractivity contribution in [3.63, 3.8) is 0 Å². The van der Waals surface area contributed by atoms with Gasteiger partial charge in [-0.05, 0) is 30.2 Å². The summed E-state index contributed by atoms with van der Waals surface area (Å²) in [4.78, 5) is 23.5. The van der Waals surface area contributed by atoms with Crippen molar-refractivity contribution in [2.75, 3.05) is 11.9 Å². The second-order valence-electron chi connectivity index (χ2n) is 5.15. The number of rotatable bonds is 5. The summed E-state index contributed by atoms with van der Waals surface area (Å²) in [5.74, 6) is -5.65. The van der Waals surface area contributed by atoms with E-state index in [0.717, 1.165) is 17.2 Å². The zero-order chi connectivity index (χ0) is 17.7. The van der Waals surface area contributed by atoms with Crippen molar-refractivity contribution >= 4 is 17.5 Å². The maximum atomic E-state index is 13.4. The van der Waals surface area contributed by atoms with Crippen LogP contribution in [0.1, 0.15) is 11.1 Å². The molecule has 0 aromatic heterocycles. The molecule has 0 unspecified atom stereocenters. The molecule has 2 N–H and O–H groups in total. The largest absolute Gasteiger partial charge is 0.347 e. The molecule has 2 rings (SSSR count). The lowest BCUT2D eigenvalue weighted by atomic mass is 10.1. The Kier molecular flexibility index (Phi) is 5.57. The van der Waals surface area contributed by atoms with E-state index in [1.54, 1.807) is 12.1 Å². The Balaban J connectivity index is 1.88. The summed E-state index contributed by atoms with van der Waals surface area (Å²) in [6.07, 6.45) is 0.0967. The lowest BCUT2D eigenvalue weighted by Crippen LogP contribution is -2.34. The number of halogens is 3. The molecule has 0 bridgehead atoms. The number of aryl methyl sites for hydroxylation is 1. The van der Waals surface area contributed by atoms with Crippen LogP contribution in [0.5, 0.6) is 0 Å². The van der Waals surface area contributed by atoms with E-state index >= 15 is 0 Å². The Morgan fingerprint density at radius 1 is 0.958 bits per heavy atom. The lowest BCUT2D eigenvalue weighted by Gasteiger charge is -2.09. The Morgan fingerprint density at radius 2 is 1.67 bits per heavy atom. The number of carbonyl (C=O) groups excluding carboxylic acids is 2. The van der Waals surface area contributed by atoms with Gasteiger partial charge in [-0.25, -0.2) is 13.2 Å². The number of benzene rings is 2. The quantitative estimate of drug-likeness (QED) is 0.825. The molecule has 0 fully saturated rings. The minimum absolute atomic E-state index is 0.0967. The Morgan fingerprint density at radius 3 is 2.38 bits per heavy atom. The summed E-state index contributed by atoms with van der Waals surface area (Å²) in [6.45, 7) is 1.45. The topological polar surface area (TPSA) is 58.2 Å². The molecule has 0 saturated heterocycles. The van der Waals surface area contributed by atoms with Crippen LogP contribution in [0, 0.1) is 24.4 Å². The molecule has 24 heavy (non-hydrogen) atoms. The molecule has 126 valence electrons. The number of hydrogen-bond acceptors (Lipinski definition) is 2. The van der Waals surface area contributed by atoms with E-state index in [1.807, 2.05) is 19.1 Å². The normalized spacial score (nSPS) is 10.3. The maximum absolute atomic E-state index is 13.4. The molecular weight excluding hydrogens is 321 g/mol. The SMILES string of the molecule is Cc1ccccc1CC(=O)NCC(=O)Nc1ccc(F)c(F)c1F. The fourth-order valence-corrected chi connectivity index (χ4v) is 2.04. The van der Waals surface area contributed by atoms with Gasteiger partial charge in [-0.1, -0.05) is 24.3 Å². The van der Waals surface area contributed by atoms with E-state index in [4.69, 9.17) is 0 Å². The van der Waals surface area contributed by atoms with E-state index in [9.17, 15) is 22.8 Å². The average molecular weight is 336 g/mol. The van der Waals surface area contributed by atoms with Crippen LogP contribution < -0.4 is 10.6 Å². The monoisotopic (exact) mass is 336 g/mol. The highest BCUT2D eigenvalue weighted by Crippen LogP contribution is 2.19. The summed E-state index contributed by atoms with van der Waals surface area (Å²) >= 11 is 0. The first-order chi connectivity index (χ1) is 11.4. The number of carbonyl (C=O) groups is 2. The van der Waals surface area contributed by atoms with Gasteiger partial charge in [0.15, 0.2) is 17.5 Å². The van der Waals surface area contributed by atoms with Gasteiger partial charge < -0.3 is 10.6 Å². The second kappa shape index (κ2) is 7.63. The number of anilines is 1. The first-order valence-electron chi connectivity index (χ1n) is 7.13. The van der Waals surface area contributed by atoms with Crippen LogP contribution >= 0.6 is 0 Å². The van der Waals surface area contributed by atoms with E-state index in [0.29, 0.717) is 6.07 Å². The molecule has 0 heterocycles. The minimum Gasteiger partial charge on any atom is -0.347 e. The molecule has 0 saturated carbocycles. The molecule has 4 nitrogen and oxygen atoms in total. The third kappa shape index (κ3) is 4.34. The van der Waals surface area contributed by atoms with Gasteiger partial charge in [-0.3, -0.25) is 9.59 Å². The number of amides is 2. The minimum atomic E-state index is -1.67. The van der Waals surface area contributed by atoms with Gasteiger partial charge in [0.05, 0.1) is 18.7 Å². The number of hydrogen-bond donors (Lipinski definition) is 2. The predicted octanol–water partition coefficient (Wildman–Crippen LogP) is 2.71. The molecule has 2 aromatic carbocycles. The first kappa shape index (κ1) is 17.5. The van der Waals surface area contributed by atoms with E-state index in [1.165, 1.54) is 0 Å². The fraction of sp³-hybridized carbons (Fsp3) is 0.176. The van der Waals surface area contributed by atoms with E-state index < -0.39 is 35.6 Å². The van der Waals surface area contributed by atoms with Gasteiger partial charge in [-0.15, -0.1) is 0 Å². The van der Waals surface area contributed by atoms with Gasteiger partial charge in [0.1, 0.15) is 0 Å². The first-order valence-corrected chi connectivity index (χ1v) is 7.13. The molecule has 0 aliphatic rings. The fourth-order valence-electron chi connectivity index (χ4n) is 2.04. The summed E-state index contributed by atoms with van der Waals surface area (Å²) < 4.78 is 39.3. The molecule has 0 radical (unpaired) electrons. The zero-order valence-electron chi connectivity index (χ0n) is 12.8. The van der Waals surface area contributed by atoms with Gasteiger partial charge in [-0.2, -0.15) is 0 Å². The molecule has 0 aliphatic carbocycles. The summed E-state index contributed by atoms with van der Waals surface area (Å²) in [6, 6.07) is 8.91. The van der Waals surface area contributed by atoms with E-state index in [-0.39, 0.29) is 12.3 Å². The van der Waals surface area contributed by atoms with Crippen LogP contribution in [-0.4, -0.2) is 18.4 Å². The van der Waals surface area contributed by atoms with Crippen LogP contribution in [0.25, 0.3) is 0 Å². The Labute approximate surface area is 136 Å². The third-order valence-corrected chi connectivity index (χ3v) is 3.37. The van der Waals surface area contributed by atoms with Crippen LogP contribution in [0.15, 0.2) is 36.4 Å². The highest BCUT2D eigenvalue weighted by molar-refractivity contribution is 5.94. The van der Waals surface area contributed by atoms with Crippen molar-refractivity contribution in [2.45, 2.75) is 13.3 Å². The predicted molar refractivity (Wildman–Crippen MR) is 82.8 cm³/mol. The highest BCUT2D eigenvalue weighted by Gasteiger charge is 2.15. The molecule has 0 aliphatic heterocycles. The standard InChI is InChI=1S/C17H15F3N2O2/c1-10-4-2-3-5-11(10)8-14(23)21-9-15(24)22-13-7-6-12(18)16(19)17(13)20/h2-7H,8-9H2,1H3,(H,21,23)(H,22,24). The van der Waals surface area contributed by atoms with Crippen molar-refractivity contribution in [1.82, 2.24) is 5.32 Å². The molecular formula is C17H15F3N2O2. The van der Waals surface area contributed by atoms with Crippen molar-refractivity contribution in [3.8, 4) is 0 Å². The van der Waals surface area contributed by atoms with Gasteiger partial charge in [0.25, 0.3) is 0 Å². The molecule has 2 aromatic rings. The zero-order valence-corrected chi connectivity index (χ0v) is 12.8. The van der Waals surface area contributed by atoms with Crippen molar-refractivity contribution in [3.05, 3.63) is 65.0 Å². The third-order valence-electron chi connectivity index (χ3n) is 3.37.